The van der Waals surface area contributed by atoms with Gasteiger partial charge in [-0.15, -0.1) is 0 Å². The second-order valence-corrected chi connectivity index (χ2v) is 19.7. The van der Waals surface area contributed by atoms with E-state index in [-0.39, 0.29) is 57.5 Å². The van der Waals surface area contributed by atoms with Gasteiger partial charge in [0.15, 0.2) is 0 Å². The van der Waals surface area contributed by atoms with Gasteiger partial charge >= 0.3 is 5.97 Å². The van der Waals surface area contributed by atoms with Crippen molar-refractivity contribution >= 4 is 83.6 Å². The van der Waals surface area contributed by atoms with Crippen LogP contribution in [0.3, 0.4) is 0 Å². The van der Waals surface area contributed by atoms with E-state index in [1.807, 2.05) is 5.32 Å². The van der Waals surface area contributed by atoms with E-state index in [0.29, 0.717) is 77.3 Å². The smallest absolute Gasteiger partial charge is 0.322 e. The molecule has 0 fully saturated rings. The lowest BCUT2D eigenvalue weighted by Gasteiger charge is -2.28. The number of aliphatic carboxylic acids is 1. The molecule has 0 unspecified atom stereocenters. The Hall–Kier alpha value is -6.29. The number of rotatable bonds is 45. The molecule has 0 saturated carbocycles. The summed E-state index contributed by atoms with van der Waals surface area (Å²) in [7, 11) is 0. The fourth-order valence-electron chi connectivity index (χ4n) is 7.49. The third kappa shape index (κ3) is 32.7. The summed E-state index contributed by atoms with van der Waals surface area (Å²) in [5.41, 5.74) is 34.4. The van der Waals surface area contributed by atoms with Crippen LogP contribution in [0.1, 0.15) is 117 Å². The largest absolute Gasteiger partial charge is 0.480 e. The van der Waals surface area contributed by atoms with Crippen LogP contribution in [0.25, 0.3) is 0 Å². The Balaban J connectivity index is 6.45. The number of amides is 11. The lowest BCUT2D eigenvalue weighted by atomic mass is 10.0. The Morgan fingerprint density at radius 1 is 0.383 bits per heavy atom. The van der Waals surface area contributed by atoms with Crippen LogP contribution in [0.15, 0.2) is 0 Å². The summed E-state index contributed by atoms with van der Waals surface area (Å²) in [4.78, 5) is 157. The number of aliphatic hydroxyl groups is 1. The lowest BCUT2D eigenvalue weighted by Crippen LogP contribution is -2.61. The standard InChI is InChI=1S/C49H93N17O14S/c1-28(55)41(72)60-31(14-4-9-19-50)43(74)61-32(15-5-10-20-51)44(75)62-33(16-6-11-21-52)45(76)63-34(17-7-12-22-53)46(77)64-35(18-8-13-23-54)47(78)65-36(27-81)48(79)66-40(30(3)67)49(80)59-29(2)42(73)58-25-38(69)56-24-37(68)57-26-39(70)71/h28-36,40,67,81H,4-27,50-55H2,1-3H3,(H,56,69)(H,57,68)(H,58,73)(H,59,80)(H,60,72)(H,61,74)(H,62,75)(H,63,76)(H,64,77)(H,65,78)(H,66,79)(H,70,71)/t28-,29-,30+,31-,32-,33-,34-,35-,36-,40-/m0/s1. The molecule has 32 heteroatoms. The second-order valence-electron chi connectivity index (χ2n) is 19.4. The molecule has 0 aromatic carbocycles. The van der Waals surface area contributed by atoms with Gasteiger partial charge in [-0.1, -0.05) is 0 Å². The van der Waals surface area contributed by atoms with Gasteiger partial charge in [-0.2, -0.15) is 12.6 Å². The minimum atomic E-state index is -1.70. The van der Waals surface area contributed by atoms with Gasteiger partial charge in [0.2, 0.25) is 65.0 Å². The van der Waals surface area contributed by atoms with Crippen molar-refractivity contribution in [3.8, 4) is 0 Å². The molecular formula is C49H93N17O14S. The minimum Gasteiger partial charge on any atom is -0.480 e. The van der Waals surface area contributed by atoms with Crippen molar-refractivity contribution in [3.63, 3.8) is 0 Å². The second kappa shape index (κ2) is 43.4. The van der Waals surface area contributed by atoms with E-state index in [0.717, 1.165) is 0 Å². The van der Waals surface area contributed by atoms with Crippen molar-refractivity contribution in [2.24, 2.45) is 34.4 Å². The number of nitrogens with two attached hydrogens (primary N) is 6. The van der Waals surface area contributed by atoms with Crippen molar-refractivity contribution in [3.05, 3.63) is 0 Å². The van der Waals surface area contributed by atoms with E-state index in [4.69, 9.17) is 39.5 Å². The molecule has 0 aliphatic heterocycles. The Labute approximate surface area is 478 Å². The molecule has 0 aromatic rings. The van der Waals surface area contributed by atoms with Crippen LogP contribution in [-0.2, 0) is 57.5 Å². The van der Waals surface area contributed by atoms with Gasteiger partial charge in [-0.3, -0.25) is 57.5 Å². The number of carboxylic acids is 1. The minimum absolute atomic E-state index is 0.000563. The predicted octanol–water partition coefficient (Wildman–Crippen LogP) is -7.38. The number of nitrogens with one attached hydrogen (secondary N) is 11. The van der Waals surface area contributed by atoms with Crippen LogP contribution in [0, 0.1) is 0 Å². The van der Waals surface area contributed by atoms with Crippen molar-refractivity contribution < 1.29 is 67.7 Å². The average molecular weight is 1180 g/mol. The molecule has 0 spiro atoms. The summed E-state index contributed by atoms with van der Waals surface area (Å²) in [5.74, 6) is -10.6. The third-order valence-corrected chi connectivity index (χ3v) is 12.6. The monoisotopic (exact) mass is 1180 g/mol. The maximum Gasteiger partial charge on any atom is 0.322 e. The van der Waals surface area contributed by atoms with Gasteiger partial charge in [-0.05, 0) is 150 Å². The average Bonchev–Trinajstić information content (AvgIpc) is 3.42. The van der Waals surface area contributed by atoms with E-state index in [9.17, 15) is 62.6 Å². The zero-order chi connectivity index (χ0) is 61.5. The molecule has 0 radical (unpaired) electrons. The Morgan fingerprint density at radius 3 is 0.975 bits per heavy atom. The SMILES string of the molecule is C[C@H](N)C(=O)N[C@@H](CCCCN)C(=O)N[C@@H](CCCCN)C(=O)N[C@@H](CCCCN)C(=O)N[C@@H](CCCCN)C(=O)N[C@@H](CCCCN)C(=O)N[C@@H](CS)C(=O)N[C@H](C(=O)N[C@@H](C)C(=O)NCC(=O)NCC(=O)NCC(=O)O)[C@@H](C)O. The molecule has 464 valence electrons. The van der Waals surface area contributed by atoms with E-state index < -0.39 is 151 Å². The maximum atomic E-state index is 14.3. The summed E-state index contributed by atoms with van der Waals surface area (Å²) in [6, 6.07) is -11.6. The Bertz CT molecular complexity index is 2010. The molecule has 0 aliphatic rings. The van der Waals surface area contributed by atoms with Crippen LogP contribution >= 0.6 is 12.6 Å². The van der Waals surface area contributed by atoms with Gasteiger partial charge in [0.1, 0.15) is 54.9 Å². The zero-order valence-corrected chi connectivity index (χ0v) is 47.8. The Morgan fingerprint density at radius 2 is 0.679 bits per heavy atom. The van der Waals surface area contributed by atoms with Gasteiger partial charge in [0.25, 0.3) is 0 Å². The molecule has 10 atom stereocenters. The molecular weight excluding hydrogens is 1080 g/mol. The number of carbonyl (C=O) groups is 12. The molecule has 11 amide bonds. The number of thiol groups is 1. The van der Waals surface area contributed by atoms with Crippen LogP contribution < -0.4 is 92.9 Å². The molecule has 81 heavy (non-hydrogen) atoms. The van der Waals surface area contributed by atoms with Crippen LogP contribution in [0.2, 0.25) is 0 Å². The van der Waals surface area contributed by atoms with Crippen molar-refractivity contribution in [1.82, 2.24) is 58.5 Å². The lowest BCUT2D eigenvalue weighted by molar-refractivity contribution is -0.138. The fourth-order valence-corrected chi connectivity index (χ4v) is 7.75. The molecule has 25 N–H and O–H groups in total. The third-order valence-electron chi connectivity index (χ3n) is 12.2. The number of unbranched alkanes of at least 4 members (excludes halogenated alkanes) is 5. The van der Waals surface area contributed by atoms with Crippen molar-refractivity contribution in [2.75, 3.05) is 58.1 Å². The first-order chi connectivity index (χ1) is 38.4. The van der Waals surface area contributed by atoms with Gasteiger partial charge in [0.05, 0.1) is 25.2 Å². The van der Waals surface area contributed by atoms with E-state index in [2.05, 4.69) is 65.8 Å². The first kappa shape index (κ1) is 74.7. The van der Waals surface area contributed by atoms with Gasteiger partial charge in [-0.25, -0.2) is 0 Å². The summed E-state index contributed by atoms with van der Waals surface area (Å²) >= 11 is 4.21. The van der Waals surface area contributed by atoms with Gasteiger partial charge < -0.3 is 103 Å². The number of aliphatic hydroxyl groups excluding tert-OH is 1. The summed E-state index contributed by atoms with van der Waals surface area (Å²) in [6.45, 7) is 3.34. The fraction of sp³-hybridized carbons (Fsp3) is 0.755. The first-order valence-corrected chi connectivity index (χ1v) is 28.0. The molecule has 31 nitrogen and oxygen atoms in total. The van der Waals surface area contributed by atoms with Crippen LogP contribution in [0.4, 0.5) is 0 Å². The normalized spacial score (nSPS) is 14.7. The molecule has 0 bridgehead atoms. The van der Waals surface area contributed by atoms with Gasteiger partial charge in [0, 0.05) is 5.75 Å². The van der Waals surface area contributed by atoms with Crippen LogP contribution in [-0.4, -0.2) is 200 Å². The summed E-state index contributed by atoms with van der Waals surface area (Å²) in [5, 5.41) is 46.2. The van der Waals surface area contributed by atoms with E-state index in [1.165, 1.54) is 20.8 Å². The van der Waals surface area contributed by atoms with Crippen molar-refractivity contribution in [2.45, 2.75) is 178 Å². The highest BCUT2D eigenvalue weighted by Crippen LogP contribution is 2.11. The number of carboxylic acid groups (broad SMARTS) is 1. The molecule has 0 saturated heterocycles. The number of carbonyl (C=O) groups excluding carboxylic acids is 11. The molecule has 0 aromatic heterocycles. The molecule has 0 aliphatic carbocycles. The zero-order valence-electron chi connectivity index (χ0n) is 46.9. The molecule has 0 rings (SSSR count). The summed E-state index contributed by atoms with van der Waals surface area (Å²) in [6.07, 6.45) is 3.14. The first-order valence-electron chi connectivity index (χ1n) is 27.4. The van der Waals surface area contributed by atoms with Crippen molar-refractivity contribution in [1.29, 1.82) is 0 Å². The maximum absolute atomic E-state index is 14.3. The number of hydrogen-bond acceptors (Lipinski definition) is 20. The van der Waals surface area contributed by atoms with Crippen LogP contribution in [0.5, 0.6) is 0 Å². The quantitative estimate of drug-likeness (QED) is 0.0199. The summed E-state index contributed by atoms with van der Waals surface area (Å²) < 4.78 is 0. The van der Waals surface area contributed by atoms with E-state index in [1.54, 1.807) is 0 Å². The highest BCUT2D eigenvalue weighted by atomic mass is 32.1. The topological polar surface area (TPSA) is 534 Å². The predicted molar refractivity (Wildman–Crippen MR) is 301 cm³/mol. The van der Waals surface area contributed by atoms with E-state index >= 15 is 0 Å². The Kier molecular flexibility index (Phi) is 40.1. The highest BCUT2D eigenvalue weighted by molar-refractivity contribution is 7.80. The molecule has 0 heterocycles. The highest BCUT2D eigenvalue weighted by Gasteiger charge is 2.35. The number of hydrogen-bond donors (Lipinski definition) is 20.